The van der Waals surface area contributed by atoms with Gasteiger partial charge in [0.25, 0.3) is 5.88 Å². The van der Waals surface area contributed by atoms with Crippen molar-refractivity contribution in [3.8, 4) is 6.07 Å². The molecule has 1 aromatic carbocycles. The fourth-order valence-corrected chi connectivity index (χ4v) is 1.38. The Morgan fingerprint density at radius 3 is 2.79 bits per heavy atom. The first-order valence-corrected chi connectivity index (χ1v) is 5.44. The highest BCUT2D eigenvalue weighted by atomic mass is 16.4. The molecule has 0 atom stereocenters. The Bertz CT molecular complexity index is 615. The van der Waals surface area contributed by atoms with Crippen LogP contribution in [0.3, 0.4) is 0 Å². The molecule has 3 N–H and O–H groups in total. The van der Waals surface area contributed by atoms with Crippen molar-refractivity contribution in [1.29, 1.82) is 5.26 Å². The zero-order valence-corrected chi connectivity index (χ0v) is 10.1. The summed E-state index contributed by atoms with van der Waals surface area (Å²) in [6.45, 7) is 1.61. The fraction of sp³-hybridized carbons (Fsp3) is 0.0833. The summed E-state index contributed by atoms with van der Waals surface area (Å²) in [5, 5.41) is 11.4. The van der Waals surface area contributed by atoms with Crippen molar-refractivity contribution in [2.75, 3.05) is 10.7 Å². The number of benzene rings is 1. The summed E-state index contributed by atoms with van der Waals surface area (Å²) in [5.41, 5.74) is 5.57. The van der Waals surface area contributed by atoms with Gasteiger partial charge in [-0.05, 0) is 12.1 Å². The molecular formula is C12H11N5O2. The monoisotopic (exact) mass is 257 g/mol. The Morgan fingerprint density at radius 2 is 2.11 bits per heavy atom. The van der Waals surface area contributed by atoms with Crippen molar-refractivity contribution in [2.24, 2.45) is 0 Å². The van der Waals surface area contributed by atoms with E-state index in [2.05, 4.69) is 21.2 Å². The molecule has 0 spiro atoms. The summed E-state index contributed by atoms with van der Waals surface area (Å²) in [4.78, 5) is 15.4. The van der Waals surface area contributed by atoms with Crippen molar-refractivity contribution in [3.05, 3.63) is 41.9 Å². The van der Waals surface area contributed by atoms with Crippen LogP contribution < -0.4 is 16.2 Å². The third kappa shape index (κ3) is 3.23. The first-order chi connectivity index (χ1) is 9.19. The average Bonchev–Trinajstić information content (AvgIpc) is 2.78. The molecule has 1 heterocycles. The molecule has 0 saturated heterocycles. The number of rotatable bonds is 3. The standard InChI is InChI=1S/C12H11N5O2/c1-8-14-10(7-13)11(19-8)16-17-12(18)15-9-5-3-2-4-6-9/h2-6,16H,1H3,(H2,15,17,18). The van der Waals surface area contributed by atoms with E-state index in [0.29, 0.717) is 11.6 Å². The maximum atomic E-state index is 11.6. The van der Waals surface area contributed by atoms with Crippen molar-refractivity contribution < 1.29 is 9.21 Å². The summed E-state index contributed by atoms with van der Waals surface area (Å²) in [7, 11) is 0. The van der Waals surface area contributed by atoms with Crippen LogP contribution in [-0.4, -0.2) is 11.0 Å². The van der Waals surface area contributed by atoms with Gasteiger partial charge in [0.15, 0.2) is 5.89 Å². The second-order valence-corrected chi connectivity index (χ2v) is 3.59. The number of oxazole rings is 1. The summed E-state index contributed by atoms with van der Waals surface area (Å²) in [5.74, 6) is 0.438. The zero-order valence-electron chi connectivity index (χ0n) is 10.1. The van der Waals surface area contributed by atoms with Gasteiger partial charge in [-0.2, -0.15) is 5.26 Å². The molecule has 7 heteroatoms. The fourth-order valence-electron chi connectivity index (χ4n) is 1.38. The Balaban J connectivity index is 1.92. The molecule has 7 nitrogen and oxygen atoms in total. The van der Waals surface area contributed by atoms with Gasteiger partial charge in [0.2, 0.25) is 5.69 Å². The molecule has 0 saturated carbocycles. The van der Waals surface area contributed by atoms with E-state index in [-0.39, 0.29) is 11.6 Å². The molecule has 19 heavy (non-hydrogen) atoms. The number of carbonyl (C=O) groups is 1. The maximum Gasteiger partial charge on any atom is 0.337 e. The molecule has 2 rings (SSSR count). The van der Waals surface area contributed by atoms with Gasteiger partial charge in [0.1, 0.15) is 6.07 Å². The van der Waals surface area contributed by atoms with Crippen LogP contribution in [0.1, 0.15) is 11.6 Å². The molecular weight excluding hydrogens is 246 g/mol. The van der Waals surface area contributed by atoms with E-state index >= 15 is 0 Å². The minimum Gasteiger partial charge on any atom is -0.422 e. The molecule has 96 valence electrons. The second kappa shape index (κ2) is 5.55. The van der Waals surface area contributed by atoms with Gasteiger partial charge in [-0.1, -0.05) is 18.2 Å². The predicted molar refractivity (Wildman–Crippen MR) is 68.2 cm³/mol. The average molecular weight is 257 g/mol. The van der Waals surface area contributed by atoms with Gasteiger partial charge in [0.05, 0.1) is 0 Å². The molecule has 0 unspecified atom stereocenters. The highest BCUT2D eigenvalue weighted by molar-refractivity contribution is 5.89. The number of anilines is 2. The number of nitriles is 1. The highest BCUT2D eigenvalue weighted by Crippen LogP contribution is 2.14. The molecule has 0 fully saturated rings. The number of aromatic nitrogens is 1. The van der Waals surface area contributed by atoms with Gasteiger partial charge in [-0.3, -0.25) is 5.43 Å². The summed E-state index contributed by atoms with van der Waals surface area (Å²) >= 11 is 0. The van der Waals surface area contributed by atoms with Gasteiger partial charge in [-0.15, -0.1) is 0 Å². The Kier molecular flexibility index (Phi) is 3.64. The van der Waals surface area contributed by atoms with E-state index in [1.165, 1.54) is 0 Å². The number of nitrogens with one attached hydrogen (secondary N) is 3. The summed E-state index contributed by atoms with van der Waals surface area (Å²) in [6, 6.07) is 10.3. The van der Waals surface area contributed by atoms with E-state index in [0.717, 1.165) is 0 Å². The molecule has 0 radical (unpaired) electrons. The first kappa shape index (κ1) is 12.4. The minimum absolute atomic E-state index is 0.0810. The molecule has 0 aliphatic carbocycles. The Hall–Kier alpha value is -3.01. The van der Waals surface area contributed by atoms with Crippen LogP contribution in [0.2, 0.25) is 0 Å². The molecule has 0 bridgehead atoms. The van der Waals surface area contributed by atoms with Crippen LogP contribution in [0.5, 0.6) is 0 Å². The first-order valence-electron chi connectivity index (χ1n) is 5.44. The molecule has 1 aromatic heterocycles. The number of hydrazine groups is 1. The Labute approximate surface area is 109 Å². The van der Waals surface area contributed by atoms with Crippen molar-refractivity contribution in [3.63, 3.8) is 0 Å². The lowest BCUT2D eigenvalue weighted by Crippen LogP contribution is -2.33. The quantitative estimate of drug-likeness (QED) is 0.730. The molecule has 0 aliphatic heterocycles. The largest absolute Gasteiger partial charge is 0.422 e. The Morgan fingerprint density at radius 1 is 1.37 bits per heavy atom. The number of hydrogen-bond acceptors (Lipinski definition) is 5. The third-order valence-corrected chi connectivity index (χ3v) is 2.16. The van der Waals surface area contributed by atoms with Crippen molar-refractivity contribution >= 4 is 17.6 Å². The van der Waals surface area contributed by atoms with Crippen LogP contribution in [0.25, 0.3) is 0 Å². The number of hydrogen-bond donors (Lipinski definition) is 3. The van der Waals surface area contributed by atoms with Gasteiger partial charge in [-0.25, -0.2) is 15.2 Å². The summed E-state index contributed by atoms with van der Waals surface area (Å²) in [6.07, 6.45) is 0. The smallest absolute Gasteiger partial charge is 0.337 e. The van der Waals surface area contributed by atoms with Crippen molar-refractivity contribution in [1.82, 2.24) is 10.4 Å². The van der Waals surface area contributed by atoms with Crippen LogP contribution in [0, 0.1) is 18.3 Å². The highest BCUT2D eigenvalue weighted by Gasteiger charge is 2.10. The minimum atomic E-state index is -0.482. The SMILES string of the molecule is Cc1nc(C#N)c(NNC(=O)Nc2ccccc2)o1. The number of nitrogens with zero attached hydrogens (tertiary/aromatic N) is 2. The lowest BCUT2D eigenvalue weighted by atomic mass is 10.3. The van der Waals surface area contributed by atoms with Crippen LogP contribution in [0.15, 0.2) is 34.7 Å². The van der Waals surface area contributed by atoms with Gasteiger partial charge >= 0.3 is 6.03 Å². The van der Waals surface area contributed by atoms with E-state index < -0.39 is 6.03 Å². The van der Waals surface area contributed by atoms with Crippen LogP contribution >= 0.6 is 0 Å². The molecule has 2 amide bonds. The van der Waals surface area contributed by atoms with Crippen LogP contribution in [0.4, 0.5) is 16.4 Å². The summed E-state index contributed by atoms with van der Waals surface area (Å²) < 4.78 is 5.12. The molecule has 2 aromatic rings. The maximum absolute atomic E-state index is 11.6. The van der Waals surface area contributed by atoms with E-state index in [1.54, 1.807) is 31.2 Å². The zero-order chi connectivity index (χ0) is 13.7. The third-order valence-electron chi connectivity index (χ3n) is 2.16. The number of carbonyl (C=O) groups excluding carboxylic acids is 1. The number of aryl methyl sites for hydroxylation is 1. The number of para-hydroxylation sites is 1. The number of amides is 2. The van der Waals surface area contributed by atoms with E-state index in [1.807, 2.05) is 12.1 Å². The van der Waals surface area contributed by atoms with E-state index in [4.69, 9.17) is 9.68 Å². The van der Waals surface area contributed by atoms with Crippen LogP contribution in [-0.2, 0) is 0 Å². The lowest BCUT2D eigenvalue weighted by molar-refractivity contribution is 0.253. The lowest BCUT2D eigenvalue weighted by Gasteiger charge is -2.07. The van der Waals surface area contributed by atoms with Gasteiger partial charge < -0.3 is 9.73 Å². The normalized spacial score (nSPS) is 9.47. The van der Waals surface area contributed by atoms with Crippen molar-refractivity contribution in [2.45, 2.75) is 6.92 Å². The number of urea groups is 1. The topological polar surface area (TPSA) is 103 Å². The predicted octanol–water partition coefficient (Wildman–Crippen LogP) is 2.00. The van der Waals surface area contributed by atoms with Gasteiger partial charge in [0, 0.05) is 12.6 Å². The molecule has 0 aliphatic rings. The van der Waals surface area contributed by atoms with E-state index in [9.17, 15) is 4.79 Å². The second-order valence-electron chi connectivity index (χ2n) is 3.59.